The van der Waals surface area contributed by atoms with Gasteiger partial charge in [0.25, 0.3) is 0 Å². The minimum Gasteiger partial charge on any atom is -0.341 e. The fraction of sp³-hybridized carbons (Fsp3) is 0.692. The van der Waals surface area contributed by atoms with Gasteiger partial charge >= 0.3 is 0 Å². The molecule has 0 radical (unpaired) electrons. The van der Waals surface area contributed by atoms with E-state index in [1.807, 2.05) is 11.8 Å². The monoisotopic (exact) mass is 299 g/mol. The van der Waals surface area contributed by atoms with Crippen molar-refractivity contribution in [2.24, 2.45) is 0 Å². The molecule has 0 aliphatic carbocycles. The maximum atomic E-state index is 12.5. The van der Waals surface area contributed by atoms with Gasteiger partial charge in [0.2, 0.25) is 5.91 Å². The zero-order chi connectivity index (χ0) is 13.8. The van der Waals surface area contributed by atoms with Gasteiger partial charge in [0, 0.05) is 23.2 Å². The second-order valence-corrected chi connectivity index (χ2v) is 6.67. The summed E-state index contributed by atoms with van der Waals surface area (Å²) in [7, 11) is 0. The van der Waals surface area contributed by atoms with Crippen molar-refractivity contribution in [1.29, 1.82) is 0 Å². The predicted octanol–water partition coefficient (Wildman–Crippen LogP) is 2.26. The van der Waals surface area contributed by atoms with E-state index in [2.05, 4.69) is 17.2 Å². The van der Waals surface area contributed by atoms with Crippen molar-refractivity contribution >= 4 is 29.5 Å². The van der Waals surface area contributed by atoms with Crippen LogP contribution in [-0.4, -0.2) is 41.5 Å². The highest BCUT2D eigenvalue weighted by Crippen LogP contribution is 2.18. The number of carbonyl (C=O) groups excluding carboxylic acids is 1. The molecule has 2 N–H and O–H groups in total. The largest absolute Gasteiger partial charge is 0.341 e. The van der Waals surface area contributed by atoms with E-state index in [-0.39, 0.29) is 5.91 Å². The summed E-state index contributed by atoms with van der Waals surface area (Å²) in [6.07, 6.45) is 2.59. The van der Waals surface area contributed by atoms with Gasteiger partial charge in [-0.3, -0.25) is 4.79 Å². The van der Waals surface area contributed by atoms with E-state index in [0.29, 0.717) is 12.5 Å². The van der Waals surface area contributed by atoms with Crippen LogP contribution in [0.5, 0.6) is 0 Å². The van der Waals surface area contributed by atoms with Crippen LogP contribution in [0.25, 0.3) is 0 Å². The third-order valence-corrected chi connectivity index (χ3v) is 4.98. The van der Waals surface area contributed by atoms with Crippen LogP contribution in [-0.2, 0) is 11.2 Å². The van der Waals surface area contributed by atoms with E-state index < -0.39 is 0 Å². The van der Waals surface area contributed by atoms with Crippen molar-refractivity contribution in [3.63, 3.8) is 0 Å². The number of rotatable bonds is 4. The Morgan fingerprint density at radius 3 is 2.68 bits per heavy atom. The number of nitrogens with zero attached hydrogens (tertiary/aromatic N) is 1. The van der Waals surface area contributed by atoms with Crippen LogP contribution < -0.4 is 5.32 Å². The molecule has 106 valence electrons. The molecule has 0 spiro atoms. The van der Waals surface area contributed by atoms with E-state index in [0.717, 1.165) is 47.0 Å². The zero-order valence-electron chi connectivity index (χ0n) is 11.5. The van der Waals surface area contributed by atoms with Crippen LogP contribution in [0.2, 0.25) is 0 Å². The van der Waals surface area contributed by atoms with Crippen LogP contribution in [0.15, 0.2) is 0 Å². The van der Waals surface area contributed by atoms with Gasteiger partial charge in [-0.15, -0.1) is 11.3 Å². The van der Waals surface area contributed by atoms with Crippen molar-refractivity contribution in [3.8, 4) is 0 Å². The van der Waals surface area contributed by atoms with Crippen LogP contribution in [0.3, 0.4) is 0 Å². The highest BCUT2D eigenvalue weighted by Gasteiger charge is 2.24. The Labute approximate surface area is 123 Å². The normalized spacial score (nSPS) is 16.5. The molecule has 1 saturated heterocycles. The van der Waals surface area contributed by atoms with Crippen LogP contribution in [0.1, 0.15) is 30.3 Å². The number of hydrogen-bond donors (Lipinski definition) is 2. The predicted molar refractivity (Wildman–Crippen MR) is 81.2 cm³/mol. The smallest absolute Gasteiger partial charge is 0.228 e. The van der Waals surface area contributed by atoms with Gasteiger partial charge in [-0.05, 0) is 52.0 Å². The molecule has 1 amide bonds. The minimum atomic E-state index is 0.225. The average Bonchev–Trinajstić information content (AvgIpc) is 2.70. The first-order chi connectivity index (χ1) is 9.11. The molecule has 1 aliphatic heterocycles. The number of nitrogens with one attached hydrogen (secondary N) is 2. The summed E-state index contributed by atoms with van der Waals surface area (Å²) in [4.78, 5) is 18.7. The lowest BCUT2D eigenvalue weighted by atomic mass is 10.0. The second kappa shape index (κ2) is 6.63. The van der Waals surface area contributed by atoms with E-state index in [1.165, 1.54) is 11.3 Å². The topological polar surface area (TPSA) is 48.1 Å². The van der Waals surface area contributed by atoms with Gasteiger partial charge in [-0.1, -0.05) is 0 Å². The van der Waals surface area contributed by atoms with Gasteiger partial charge in [-0.25, -0.2) is 0 Å². The fourth-order valence-electron chi connectivity index (χ4n) is 2.60. The Balaban J connectivity index is 2.04. The lowest BCUT2D eigenvalue weighted by Gasteiger charge is -2.34. The van der Waals surface area contributed by atoms with Gasteiger partial charge < -0.3 is 15.2 Å². The van der Waals surface area contributed by atoms with Crippen LogP contribution in [0.4, 0.5) is 0 Å². The third kappa shape index (κ3) is 3.64. The van der Waals surface area contributed by atoms with Crippen molar-refractivity contribution in [1.82, 2.24) is 15.2 Å². The van der Waals surface area contributed by atoms with E-state index >= 15 is 0 Å². The number of aryl methyl sites for hydroxylation is 1. The summed E-state index contributed by atoms with van der Waals surface area (Å²) in [5.41, 5.74) is 1.03. The zero-order valence-corrected chi connectivity index (χ0v) is 13.1. The van der Waals surface area contributed by atoms with Gasteiger partial charge in [0.15, 0.2) is 3.95 Å². The molecule has 4 nitrogen and oxygen atoms in total. The SMILES string of the molecule is CCN(C(=O)Cc1sc(=S)[nH]c1C)C1CCNCC1. The first kappa shape index (κ1) is 14.7. The molecule has 1 aromatic rings. The standard InChI is InChI=1S/C13H21N3OS2/c1-3-16(10-4-6-14-7-5-10)12(17)8-11-9(2)15-13(18)19-11/h10,14H,3-8H2,1-2H3,(H,15,18). The minimum absolute atomic E-state index is 0.225. The molecule has 0 atom stereocenters. The average molecular weight is 299 g/mol. The first-order valence-corrected chi connectivity index (χ1v) is 8.03. The third-order valence-electron chi connectivity index (χ3n) is 3.65. The Morgan fingerprint density at radius 1 is 1.47 bits per heavy atom. The molecule has 6 heteroatoms. The first-order valence-electron chi connectivity index (χ1n) is 6.80. The number of aromatic amines is 1. The molecular formula is C13H21N3OS2. The second-order valence-electron chi connectivity index (χ2n) is 4.90. The molecule has 1 fully saturated rings. The number of H-pyrrole nitrogens is 1. The number of carbonyl (C=O) groups is 1. The lowest BCUT2D eigenvalue weighted by molar-refractivity contribution is -0.133. The summed E-state index contributed by atoms with van der Waals surface area (Å²) >= 11 is 6.64. The number of hydrogen-bond acceptors (Lipinski definition) is 4. The number of thiazole rings is 1. The molecule has 1 aromatic heterocycles. The number of amides is 1. The maximum Gasteiger partial charge on any atom is 0.228 e. The quantitative estimate of drug-likeness (QED) is 0.839. The summed E-state index contributed by atoms with van der Waals surface area (Å²) in [6.45, 7) is 6.85. The Hall–Kier alpha value is -0.720. The molecule has 0 bridgehead atoms. The highest BCUT2D eigenvalue weighted by atomic mass is 32.1. The Bertz CT molecular complexity index is 488. The molecule has 1 aliphatic rings. The van der Waals surface area contributed by atoms with E-state index in [1.54, 1.807) is 0 Å². The van der Waals surface area contributed by atoms with Gasteiger partial charge in [0.05, 0.1) is 6.42 Å². The number of aromatic nitrogens is 1. The summed E-state index contributed by atoms with van der Waals surface area (Å²) in [5, 5.41) is 3.34. The molecule has 0 aromatic carbocycles. The number of piperidine rings is 1. The van der Waals surface area contributed by atoms with Gasteiger partial charge in [-0.2, -0.15) is 0 Å². The molecule has 19 heavy (non-hydrogen) atoms. The Kier molecular flexibility index (Phi) is 5.13. The molecule has 2 rings (SSSR count). The molecule has 2 heterocycles. The summed E-state index contributed by atoms with van der Waals surface area (Å²) in [6, 6.07) is 0.394. The van der Waals surface area contributed by atoms with E-state index in [4.69, 9.17) is 12.2 Å². The molecule has 0 unspecified atom stereocenters. The van der Waals surface area contributed by atoms with Crippen molar-refractivity contribution < 1.29 is 4.79 Å². The number of likely N-dealkylation sites (N-methyl/N-ethyl adjacent to an activating group) is 1. The Morgan fingerprint density at radius 2 is 2.16 bits per heavy atom. The molecular weight excluding hydrogens is 278 g/mol. The lowest BCUT2D eigenvalue weighted by Crippen LogP contribution is -2.46. The molecule has 0 saturated carbocycles. The van der Waals surface area contributed by atoms with Crippen molar-refractivity contribution in [3.05, 3.63) is 14.5 Å². The van der Waals surface area contributed by atoms with Crippen LogP contribution >= 0.6 is 23.6 Å². The van der Waals surface area contributed by atoms with E-state index in [9.17, 15) is 4.79 Å². The summed E-state index contributed by atoms with van der Waals surface area (Å²) in [5.74, 6) is 0.225. The summed E-state index contributed by atoms with van der Waals surface area (Å²) < 4.78 is 0.755. The van der Waals surface area contributed by atoms with Crippen molar-refractivity contribution in [2.75, 3.05) is 19.6 Å². The van der Waals surface area contributed by atoms with Crippen molar-refractivity contribution in [2.45, 2.75) is 39.2 Å². The van der Waals surface area contributed by atoms with Gasteiger partial charge in [0.1, 0.15) is 0 Å². The van der Waals surface area contributed by atoms with Crippen LogP contribution in [0, 0.1) is 10.9 Å². The fourth-order valence-corrected chi connectivity index (χ4v) is 3.88. The maximum absolute atomic E-state index is 12.5. The highest BCUT2D eigenvalue weighted by molar-refractivity contribution is 7.73.